The van der Waals surface area contributed by atoms with Gasteiger partial charge >= 0.3 is 0 Å². The average molecular weight is 495 g/mol. The molecule has 0 bridgehead atoms. The number of hydrogen-bond acceptors (Lipinski definition) is 5. The lowest BCUT2D eigenvalue weighted by Gasteiger charge is -2.29. The van der Waals surface area contributed by atoms with E-state index in [9.17, 15) is 14.0 Å². The molecule has 2 amide bonds. The Morgan fingerprint density at radius 1 is 0.833 bits per heavy atom. The summed E-state index contributed by atoms with van der Waals surface area (Å²) in [6.45, 7) is 2.14. The second-order valence-corrected chi connectivity index (χ2v) is 8.26. The zero-order chi connectivity index (χ0) is 26.1. The van der Waals surface area contributed by atoms with Crippen LogP contribution in [-0.4, -0.2) is 44.1 Å². The van der Waals surface area contributed by atoms with Gasteiger partial charge in [-0.2, -0.15) is 0 Å². The highest BCUT2D eigenvalue weighted by Crippen LogP contribution is 2.28. The molecule has 8 heteroatoms. The molecular weight excluding hydrogens is 463 g/mol. The number of halogens is 1. The number of methoxy groups -OCH3 is 3. The number of carbonyl (C=O) groups excluding carboxylic acids is 2. The second kappa shape index (κ2) is 12.6. The largest absolute Gasteiger partial charge is 0.497 e. The first-order valence-electron chi connectivity index (χ1n) is 11.5. The summed E-state index contributed by atoms with van der Waals surface area (Å²) in [6.07, 6.45) is 0.0532. The van der Waals surface area contributed by atoms with Crippen LogP contribution in [0.2, 0.25) is 0 Å². The Hall–Kier alpha value is -4.07. The maximum atomic E-state index is 13.4. The number of nitrogens with one attached hydrogen (secondary N) is 1. The summed E-state index contributed by atoms with van der Waals surface area (Å²) in [5.74, 6) is 0.880. The van der Waals surface area contributed by atoms with E-state index in [4.69, 9.17) is 14.2 Å². The smallest absolute Gasteiger partial charge is 0.242 e. The minimum atomic E-state index is -0.763. The number of hydrogen-bond donors (Lipinski definition) is 1. The van der Waals surface area contributed by atoms with Crippen molar-refractivity contribution < 1.29 is 28.2 Å². The SMILES string of the molecule is COc1ccc(CNC(=O)[C@@H](C)N(Cc2ccc(F)cc2)C(=O)Cc2ccc(OC)c(OC)c2)cc1. The summed E-state index contributed by atoms with van der Waals surface area (Å²) in [5, 5.41) is 2.89. The topological polar surface area (TPSA) is 77.1 Å². The van der Waals surface area contributed by atoms with Crippen LogP contribution in [0.4, 0.5) is 4.39 Å². The maximum absolute atomic E-state index is 13.4. The minimum absolute atomic E-state index is 0.0532. The Labute approximate surface area is 210 Å². The Balaban J connectivity index is 1.76. The molecule has 0 saturated carbocycles. The summed E-state index contributed by atoms with van der Waals surface area (Å²) in [6, 6.07) is 17.7. The molecule has 0 aliphatic rings. The Kier molecular flexibility index (Phi) is 9.27. The van der Waals surface area contributed by atoms with Crippen molar-refractivity contribution >= 4 is 11.8 Å². The van der Waals surface area contributed by atoms with Crippen LogP contribution in [0.5, 0.6) is 17.2 Å². The molecule has 1 N–H and O–H groups in total. The Morgan fingerprint density at radius 3 is 2.06 bits per heavy atom. The number of rotatable bonds is 11. The molecule has 0 spiro atoms. The predicted molar refractivity (Wildman–Crippen MR) is 135 cm³/mol. The minimum Gasteiger partial charge on any atom is -0.497 e. The highest BCUT2D eigenvalue weighted by molar-refractivity contribution is 5.88. The second-order valence-electron chi connectivity index (χ2n) is 8.26. The van der Waals surface area contributed by atoms with Gasteiger partial charge in [-0.3, -0.25) is 9.59 Å². The molecule has 3 aromatic rings. The van der Waals surface area contributed by atoms with Gasteiger partial charge in [-0.15, -0.1) is 0 Å². The van der Waals surface area contributed by atoms with Gasteiger partial charge in [0.25, 0.3) is 0 Å². The summed E-state index contributed by atoms with van der Waals surface area (Å²) in [4.78, 5) is 27.9. The molecule has 3 rings (SSSR count). The Morgan fingerprint density at radius 2 is 1.44 bits per heavy atom. The Bertz CT molecular complexity index is 1170. The van der Waals surface area contributed by atoms with E-state index < -0.39 is 6.04 Å². The van der Waals surface area contributed by atoms with E-state index in [1.54, 1.807) is 51.5 Å². The monoisotopic (exact) mass is 494 g/mol. The highest BCUT2D eigenvalue weighted by atomic mass is 19.1. The van der Waals surface area contributed by atoms with Gasteiger partial charge < -0.3 is 24.4 Å². The molecule has 0 aromatic heterocycles. The number of benzene rings is 3. The fraction of sp³-hybridized carbons (Fsp3) is 0.286. The van der Waals surface area contributed by atoms with Crippen molar-refractivity contribution in [2.45, 2.75) is 32.5 Å². The lowest BCUT2D eigenvalue weighted by atomic mass is 10.1. The zero-order valence-corrected chi connectivity index (χ0v) is 20.9. The fourth-order valence-electron chi connectivity index (χ4n) is 3.72. The molecule has 36 heavy (non-hydrogen) atoms. The molecule has 190 valence electrons. The normalized spacial score (nSPS) is 11.4. The zero-order valence-electron chi connectivity index (χ0n) is 20.9. The van der Waals surface area contributed by atoms with Crippen molar-refractivity contribution in [2.24, 2.45) is 0 Å². The van der Waals surface area contributed by atoms with E-state index >= 15 is 0 Å². The van der Waals surface area contributed by atoms with Gasteiger partial charge in [-0.1, -0.05) is 30.3 Å². The van der Waals surface area contributed by atoms with E-state index in [1.807, 2.05) is 24.3 Å². The highest BCUT2D eigenvalue weighted by Gasteiger charge is 2.26. The van der Waals surface area contributed by atoms with Crippen molar-refractivity contribution in [1.82, 2.24) is 10.2 Å². The van der Waals surface area contributed by atoms with Gasteiger partial charge in [0, 0.05) is 13.1 Å². The third-order valence-electron chi connectivity index (χ3n) is 5.86. The lowest BCUT2D eigenvalue weighted by Crippen LogP contribution is -2.48. The molecule has 0 aliphatic heterocycles. The summed E-state index contributed by atoms with van der Waals surface area (Å²) in [7, 11) is 4.66. The van der Waals surface area contributed by atoms with Gasteiger partial charge in [0.2, 0.25) is 11.8 Å². The molecule has 0 fully saturated rings. The predicted octanol–water partition coefficient (Wildman–Crippen LogP) is 4.13. The summed E-state index contributed by atoms with van der Waals surface area (Å²) >= 11 is 0. The van der Waals surface area contributed by atoms with E-state index in [0.717, 1.165) is 11.3 Å². The van der Waals surface area contributed by atoms with E-state index in [0.29, 0.717) is 29.2 Å². The van der Waals surface area contributed by atoms with Crippen LogP contribution in [0.15, 0.2) is 66.7 Å². The quantitative estimate of drug-likeness (QED) is 0.434. The van der Waals surface area contributed by atoms with Gasteiger partial charge in [-0.25, -0.2) is 4.39 Å². The average Bonchev–Trinajstić information content (AvgIpc) is 2.91. The van der Waals surface area contributed by atoms with Crippen LogP contribution in [0.1, 0.15) is 23.6 Å². The van der Waals surface area contributed by atoms with Crippen molar-refractivity contribution in [2.75, 3.05) is 21.3 Å². The van der Waals surface area contributed by atoms with E-state index in [-0.39, 0.29) is 30.6 Å². The third-order valence-corrected chi connectivity index (χ3v) is 5.86. The molecule has 3 aromatic carbocycles. The molecule has 0 heterocycles. The van der Waals surface area contributed by atoms with Crippen LogP contribution in [0.3, 0.4) is 0 Å². The molecule has 0 aliphatic carbocycles. The standard InChI is InChI=1S/C28H31FN2O5/c1-19(28(33)30-17-20-7-12-24(34-2)13-8-20)31(18-21-5-10-23(29)11-6-21)27(32)16-22-9-14-25(35-3)26(15-22)36-4/h5-15,19H,16-18H2,1-4H3,(H,30,33)/t19-/m1/s1. The van der Waals surface area contributed by atoms with E-state index in [1.165, 1.54) is 24.1 Å². The first kappa shape index (κ1) is 26.5. The van der Waals surface area contributed by atoms with Crippen molar-refractivity contribution in [3.63, 3.8) is 0 Å². The third kappa shape index (κ3) is 6.97. The number of nitrogens with zero attached hydrogens (tertiary/aromatic N) is 1. The van der Waals surface area contributed by atoms with Crippen LogP contribution in [-0.2, 0) is 29.1 Å². The van der Waals surface area contributed by atoms with Crippen LogP contribution in [0.25, 0.3) is 0 Å². The maximum Gasteiger partial charge on any atom is 0.242 e. The molecular formula is C28H31FN2O5. The summed E-state index contributed by atoms with van der Waals surface area (Å²) in [5.41, 5.74) is 2.33. The van der Waals surface area contributed by atoms with Crippen LogP contribution < -0.4 is 19.5 Å². The van der Waals surface area contributed by atoms with Gasteiger partial charge in [0.1, 0.15) is 17.6 Å². The van der Waals surface area contributed by atoms with Crippen molar-refractivity contribution in [3.05, 3.63) is 89.2 Å². The lowest BCUT2D eigenvalue weighted by molar-refractivity contribution is -0.140. The number of ether oxygens (including phenoxy) is 3. The fourth-order valence-corrected chi connectivity index (χ4v) is 3.72. The van der Waals surface area contributed by atoms with Gasteiger partial charge in [-0.05, 0) is 60.0 Å². The van der Waals surface area contributed by atoms with Gasteiger partial charge in [0.05, 0.1) is 27.8 Å². The first-order valence-corrected chi connectivity index (χ1v) is 11.5. The number of carbonyl (C=O) groups is 2. The molecule has 7 nitrogen and oxygen atoms in total. The van der Waals surface area contributed by atoms with Crippen molar-refractivity contribution in [3.8, 4) is 17.2 Å². The van der Waals surface area contributed by atoms with E-state index in [2.05, 4.69) is 5.32 Å². The van der Waals surface area contributed by atoms with Crippen LogP contribution in [0, 0.1) is 5.82 Å². The first-order chi connectivity index (χ1) is 17.3. The number of amides is 2. The van der Waals surface area contributed by atoms with Crippen LogP contribution >= 0.6 is 0 Å². The molecule has 0 radical (unpaired) electrons. The summed E-state index contributed by atoms with van der Waals surface area (Å²) < 4.78 is 29.2. The molecule has 0 saturated heterocycles. The molecule has 1 atom stereocenters. The molecule has 0 unspecified atom stereocenters. The van der Waals surface area contributed by atoms with Gasteiger partial charge in [0.15, 0.2) is 11.5 Å². The van der Waals surface area contributed by atoms with Crippen molar-refractivity contribution in [1.29, 1.82) is 0 Å².